The number of hydrogen-bond donors (Lipinski definition) is 0. The number of sulfone groups is 1. The number of hydrogen-bond acceptors (Lipinski definition) is 3. The molecule has 1 saturated carbocycles. The van der Waals surface area contributed by atoms with E-state index < -0.39 is 9.84 Å². The third-order valence-corrected chi connectivity index (χ3v) is 5.97. The van der Waals surface area contributed by atoms with Crippen molar-refractivity contribution in [2.45, 2.75) is 51.9 Å². The maximum absolute atomic E-state index is 12.4. The van der Waals surface area contributed by atoms with Crippen LogP contribution in [-0.4, -0.2) is 44.3 Å². The average molecular weight is 301 g/mol. The van der Waals surface area contributed by atoms with Gasteiger partial charge in [0.1, 0.15) is 9.84 Å². The van der Waals surface area contributed by atoms with Gasteiger partial charge < -0.3 is 4.90 Å². The van der Waals surface area contributed by atoms with Crippen molar-refractivity contribution >= 4 is 15.7 Å². The molecule has 0 radical (unpaired) electrons. The Morgan fingerprint density at radius 1 is 1.25 bits per heavy atom. The van der Waals surface area contributed by atoms with Crippen LogP contribution in [0.15, 0.2) is 0 Å². The SMILES string of the molecule is CCC1CCCN(C(=O)CC2(CS(C)(=O)=O)CC2)CC1. The molecule has 1 unspecified atom stereocenters. The molecule has 0 aromatic carbocycles. The number of carbonyl (C=O) groups excluding carboxylic acids is 1. The lowest BCUT2D eigenvalue weighted by Gasteiger charge is -2.23. The van der Waals surface area contributed by atoms with Crippen LogP contribution < -0.4 is 0 Å². The van der Waals surface area contributed by atoms with Gasteiger partial charge >= 0.3 is 0 Å². The van der Waals surface area contributed by atoms with Gasteiger partial charge in [-0.2, -0.15) is 0 Å². The van der Waals surface area contributed by atoms with Gasteiger partial charge in [0.2, 0.25) is 5.91 Å². The molecule has 1 amide bonds. The quantitative estimate of drug-likeness (QED) is 0.782. The summed E-state index contributed by atoms with van der Waals surface area (Å²) in [6.45, 7) is 3.92. The standard InChI is InChI=1S/C15H27NO3S/c1-3-13-5-4-9-16(10-6-13)14(17)11-15(7-8-15)12-20(2,18)19/h13H,3-12H2,1-2H3. The van der Waals surface area contributed by atoms with Gasteiger partial charge in [0, 0.05) is 25.8 Å². The van der Waals surface area contributed by atoms with Crippen molar-refractivity contribution in [2.24, 2.45) is 11.3 Å². The predicted octanol–water partition coefficient (Wildman–Crippen LogP) is 2.24. The van der Waals surface area contributed by atoms with Crippen molar-refractivity contribution in [2.75, 3.05) is 25.1 Å². The lowest BCUT2D eigenvalue weighted by atomic mass is 9.98. The monoisotopic (exact) mass is 301 g/mol. The molecule has 0 N–H and O–H groups in total. The zero-order valence-electron chi connectivity index (χ0n) is 12.7. The van der Waals surface area contributed by atoms with Crippen molar-refractivity contribution in [1.82, 2.24) is 4.90 Å². The minimum absolute atomic E-state index is 0.169. The summed E-state index contributed by atoms with van der Waals surface area (Å²) in [4.78, 5) is 14.4. The summed E-state index contributed by atoms with van der Waals surface area (Å²) in [7, 11) is -2.99. The lowest BCUT2D eigenvalue weighted by Crippen LogP contribution is -2.34. The summed E-state index contributed by atoms with van der Waals surface area (Å²) >= 11 is 0. The minimum Gasteiger partial charge on any atom is -0.343 e. The number of amides is 1. The number of nitrogens with zero attached hydrogens (tertiary/aromatic N) is 1. The van der Waals surface area contributed by atoms with E-state index >= 15 is 0 Å². The Morgan fingerprint density at radius 3 is 2.50 bits per heavy atom. The molecule has 0 aromatic heterocycles. The molecule has 1 aliphatic carbocycles. The van der Waals surface area contributed by atoms with Crippen molar-refractivity contribution in [3.8, 4) is 0 Å². The third kappa shape index (κ3) is 4.47. The van der Waals surface area contributed by atoms with Crippen LogP contribution in [0, 0.1) is 11.3 Å². The highest BCUT2D eigenvalue weighted by Gasteiger charge is 2.47. The summed E-state index contributed by atoms with van der Waals surface area (Å²) in [5, 5.41) is 0. The van der Waals surface area contributed by atoms with E-state index in [9.17, 15) is 13.2 Å². The molecule has 4 nitrogen and oxygen atoms in total. The molecule has 2 fully saturated rings. The van der Waals surface area contributed by atoms with Crippen molar-refractivity contribution in [1.29, 1.82) is 0 Å². The summed E-state index contributed by atoms with van der Waals surface area (Å²) in [5.41, 5.74) is -0.235. The van der Waals surface area contributed by atoms with E-state index in [1.807, 2.05) is 4.90 Å². The van der Waals surface area contributed by atoms with Gasteiger partial charge in [0.15, 0.2) is 0 Å². The van der Waals surface area contributed by atoms with Crippen LogP contribution in [0.25, 0.3) is 0 Å². The van der Waals surface area contributed by atoms with Gasteiger partial charge in [-0.3, -0.25) is 4.79 Å². The third-order valence-electron chi connectivity index (χ3n) is 4.83. The topological polar surface area (TPSA) is 54.5 Å². The van der Waals surface area contributed by atoms with Crippen LogP contribution in [-0.2, 0) is 14.6 Å². The maximum Gasteiger partial charge on any atom is 0.223 e. The molecule has 0 spiro atoms. The van der Waals surface area contributed by atoms with E-state index in [2.05, 4.69) is 6.92 Å². The molecule has 0 bridgehead atoms. The Morgan fingerprint density at radius 2 is 1.95 bits per heavy atom. The smallest absolute Gasteiger partial charge is 0.223 e. The van der Waals surface area contributed by atoms with Crippen LogP contribution in [0.4, 0.5) is 0 Å². The van der Waals surface area contributed by atoms with Gasteiger partial charge in [-0.15, -0.1) is 0 Å². The lowest BCUT2D eigenvalue weighted by molar-refractivity contribution is -0.132. The van der Waals surface area contributed by atoms with Crippen LogP contribution in [0.5, 0.6) is 0 Å². The predicted molar refractivity (Wildman–Crippen MR) is 80.2 cm³/mol. The molecule has 20 heavy (non-hydrogen) atoms. The number of carbonyl (C=O) groups is 1. The molecule has 0 aromatic rings. The first-order valence-electron chi connectivity index (χ1n) is 7.79. The summed E-state index contributed by atoms with van der Waals surface area (Å²) < 4.78 is 22.9. The van der Waals surface area contributed by atoms with E-state index in [0.29, 0.717) is 6.42 Å². The van der Waals surface area contributed by atoms with Gasteiger partial charge in [0.25, 0.3) is 0 Å². The maximum atomic E-state index is 12.4. The highest BCUT2D eigenvalue weighted by Crippen LogP contribution is 2.50. The molecule has 2 rings (SSSR count). The van der Waals surface area contributed by atoms with E-state index in [0.717, 1.165) is 44.7 Å². The largest absolute Gasteiger partial charge is 0.343 e. The first-order valence-corrected chi connectivity index (χ1v) is 9.85. The molecule has 2 aliphatic rings. The van der Waals surface area contributed by atoms with Crippen LogP contribution in [0.1, 0.15) is 51.9 Å². The van der Waals surface area contributed by atoms with Crippen LogP contribution in [0.2, 0.25) is 0 Å². The molecule has 116 valence electrons. The van der Waals surface area contributed by atoms with Crippen molar-refractivity contribution < 1.29 is 13.2 Å². The zero-order valence-corrected chi connectivity index (χ0v) is 13.5. The van der Waals surface area contributed by atoms with E-state index in [1.54, 1.807) is 0 Å². The minimum atomic E-state index is -2.99. The molecule has 1 heterocycles. The Hall–Kier alpha value is -0.580. The first kappa shape index (κ1) is 15.8. The molecule has 1 atom stereocenters. The average Bonchev–Trinajstić information content (AvgIpc) is 3.10. The normalized spacial score (nSPS) is 26.1. The molecule has 1 saturated heterocycles. The Kier molecular flexibility index (Phi) is 4.77. The molecule has 1 aliphatic heterocycles. The second-order valence-corrected chi connectivity index (χ2v) is 8.97. The highest BCUT2D eigenvalue weighted by molar-refractivity contribution is 7.90. The highest BCUT2D eigenvalue weighted by atomic mass is 32.2. The second kappa shape index (κ2) is 6.04. The number of likely N-dealkylation sites (tertiary alicyclic amines) is 1. The van der Waals surface area contributed by atoms with Crippen LogP contribution in [0.3, 0.4) is 0 Å². The first-order chi connectivity index (χ1) is 9.34. The van der Waals surface area contributed by atoms with Gasteiger partial charge in [-0.05, 0) is 43.4 Å². The fourth-order valence-electron chi connectivity index (χ4n) is 3.36. The molecular weight excluding hydrogens is 274 g/mol. The Bertz CT molecular complexity index is 454. The van der Waals surface area contributed by atoms with E-state index in [1.165, 1.54) is 19.1 Å². The summed E-state index contributed by atoms with van der Waals surface area (Å²) in [5.74, 6) is 1.10. The molecular formula is C15H27NO3S. The Labute approximate surface area is 122 Å². The Balaban J connectivity index is 1.89. The van der Waals surface area contributed by atoms with E-state index in [-0.39, 0.29) is 17.1 Å². The fraction of sp³-hybridized carbons (Fsp3) is 0.933. The van der Waals surface area contributed by atoms with Gasteiger partial charge in [-0.1, -0.05) is 13.3 Å². The summed E-state index contributed by atoms with van der Waals surface area (Å²) in [6.07, 6.45) is 8.07. The van der Waals surface area contributed by atoms with Crippen molar-refractivity contribution in [3.05, 3.63) is 0 Å². The van der Waals surface area contributed by atoms with Gasteiger partial charge in [-0.25, -0.2) is 8.42 Å². The van der Waals surface area contributed by atoms with Gasteiger partial charge in [0.05, 0.1) is 5.75 Å². The number of rotatable bonds is 5. The summed E-state index contributed by atoms with van der Waals surface area (Å²) in [6, 6.07) is 0. The zero-order chi connectivity index (χ0) is 14.8. The van der Waals surface area contributed by atoms with E-state index in [4.69, 9.17) is 0 Å². The molecule has 5 heteroatoms. The fourth-order valence-corrected chi connectivity index (χ4v) is 4.86. The van der Waals surface area contributed by atoms with Crippen LogP contribution >= 0.6 is 0 Å². The second-order valence-electron chi connectivity index (χ2n) is 6.83. The van der Waals surface area contributed by atoms with Crippen molar-refractivity contribution in [3.63, 3.8) is 0 Å².